The zero-order valence-electron chi connectivity index (χ0n) is 20.3. The van der Waals surface area contributed by atoms with Crippen LogP contribution in [0.2, 0.25) is 0 Å². The Labute approximate surface area is 194 Å². The van der Waals surface area contributed by atoms with Gasteiger partial charge >= 0.3 is 0 Å². The summed E-state index contributed by atoms with van der Waals surface area (Å²) in [5.41, 5.74) is 2.73. The number of likely N-dealkylation sites (N-methyl/N-ethyl adjacent to an activating group) is 1. The standard InChI is InChI=1S/C26H42N2O4/c1-4-28(20-26(30-2)31-3)25(29)13-16-32-15-12-22-8-5-7-21(17-22)11-14-27-18-23-9-6-10-24(23)19-27/h5,7-8,17,23-24,26H,4,6,9-16,18-20H2,1-3H3/t23-,24?/m0/s1. The highest BCUT2D eigenvalue weighted by Crippen LogP contribution is 2.37. The van der Waals surface area contributed by atoms with Crippen molar-refractivity contribution >= 4 is 5.91 Å². The maximum absolute atomic E-state index is 12.4. The molecule has 32 heavy (non-hydrogen) atoms. The minimum Gasteiger partial charge on any atom is -0.381 e. The number of methoxy groups -OCH3 is 2. The second-order valence-electron chi connectivity index (χ2n) is 9.23. The predicted molar refractivity (Wildman–Crippen MR) is 127 cm³/mol. The number of fused-ring (bicyclic) bond motifs is 1. The maximum Gasteiger partial charge on any atom is 0.225 e. The molecule has 1 aliphatic heterocycles. The van der Waals surface area contributed by atoms with Crippen LogP contribution in [0.15, 0.2) is 24.3 Å². The molecule has 1 aliphatic carbocycles. The van der Waals surface area contributed by atoms with E-state index in [1.807, 2.05) is 6.92 Å². The second-order valence-corrected chi connectivity index (χ2v) is 9.23. The lowest BCUT2D eigenvalue weighted by Gasteiger charge is -2.25. The van der Waals surface area contributed by atoms with Crippen molar-refractivity contribution in [2.75, 3.05) is 60.2 Å². The molecule has 1 aromatic rings. The molecule has 1 unspecified atom stereocenters. The number of carbonyl (C=O) groups excluding carboxylic acids is 1. The van der Waals surface area contributed by atoms with E-state index in [1.54, 1.807) is 19.1 Å². The Morgan fingerprint density at radius 1 is 1.09 bits per heavy atom. The molecule has 0 spiro atoms. The predicted octanol–water partition coefficient (Wildman–Crippen LogP) is 3.38. The van der Waals surface area contributed by atoms with E-state index >= 15 is 0 Å². The minimum atomic E-state index is -0.391. The number of hydrogen-bond acceptors (Lipinski definition) is 5. The van der Waals surface area contributed by atoms with Crippen LogP contribution in [0.5, 0.6) is 0 Å². The summed E-state index contributed by atoms with van der Waals surface area (Å²) in [6.07, 6.45) is 6.32. The van der Waals surface area contributed by atoms with Crippen LogP contribution in [0.25, 0.3) is 0 Å². The SMILES string of the molecule is CCN(CC(OC)OC)C(=O)CCOCCc1cccc(CCN2CC3CCC[C@H]3C2)c1. The Balaban J connectivity index is 1.31. The van der Waals surface area contributed by atoms with Gasteiger partial charge < -0.3 is 24.0 Å². The van der Waals surface area contributed by atoms with E-state index in [0.29, 0.717) is 32.7 Å². The Morgan fingerprint density at radius 3 is 2.44 bits per heavy atom. The van der Waals surface area contributed by atoms with E-state index in [9.17, 15) is 4.79 Å². The first-order chi connectivity index (χ1) is 15.6. The normalized spacial score (nSPS) is 20.8. The zero-order valence-corrected chi connectivity index (χ0v) is 20.3. The van der Waals surface area contributed by atoms with Gasteiger partial charge in [-0.15, -0.1) is 0 Å². The van der Waals surface area contributed by atoms with E-state index in [-0.39, 0.29) is 5.91 Å². The molecule has 3 rings (SSSR count). The van der Waals surface area contributed by atoms with Crippen molar-refractivity contribution < 1.29 is 19.0 Å². The van der Waals surface area contributed by atoms with Gasteiger partial charge in [-0.05, 0) is 55.6 Å². The van der Waals surface area contributed by atoms with Gasteiger partial charge in [0.1, 0.15) is 0 Å². The molecule has 1 amide bonds. The summed E-state index contributed by atoms with van der Waals surface area (Å²) in [5, 5.41) is 0. The first-order valence-electron chi connectivity index (χ1n) is 12.3. The topological polar surface area (TPSA) is 51.2 Å². The smallest absolute Gasteiger partial charge is 0.225 e. The third kappa shape index (κ3) is 7.55. The summed E-state index contributed by atoms with van der Waals surface area (Å²) in [7, 11) is 3.17. The average Bonchev–Trinajstić information content (AvgIpc) is 3.40. The Bertz CT molecular complexity index is 682. The van der Waals surface area contributed by atoms with Crippen molar-refractivity contribution in [2.45, 2.75) is 51.7 Å². The van der Waals surface area contributed by atoms with Crippen LogP contribution < -0.4 is 0 Å². The van der Waals surface area contributed by atoms with Crippen LogP contribution in [0.4, 0.5) is 0 Å². The van der Waals surface area contributed by atoms with Crippen molar-refractivity contribution in [1.29, 1.82) is 0 Å². The number of ether oxygens (including phenoxy) is 3. The van der Waals surface area contributed by atoms with Crippen molar-refractivity contribution in [1.82, 2.24) is 9.80 Å². The molecule has 6 nitrogen and oxygen atoms in total. The molecular weight excluding hydrogens is 404 g/mol. The van der Waals surface area contributed by atoms with Crippen LogP contribution in [-0.4, -0.2) is 82.2 Å². The van der Waals surface area contributed by atoms with E-state index < -0.39 is 6.29 Å². The monoisotopic (exact) mass is 446 g/mol. The van der Waals surface area contributed by atoms with E-state index in [0.717, 1.165) is 24.7 Å². The molecule has 1 aromatic carbocycles. The van der Waals surface area contributed by atoms with Crippen LogP contribution in [0.1, 0.15) is 43.7 Å². The van der Waals surface area contributed by atoms with E-state index in [2.05, 4.69) is 29.2 Å². The summed E-state index contributed by atoms with van der Waals surface area (Å²) < 4.78 is 16.2. The van der Waals surface area contributed by atoms with Gasteiger partial charge in [-0.2, -0.15) is 0 Å². The third-order valence-corrected chi connectivity index (χ3v) is 7.14. The molecule has 1 saturated carbocycles. The van der Waals surface area contributed by atoms with Gasteiger partial charge in [-0.25, -0.2) is 0 Å². The number of hydrogen-bond donors (Lipinski definition) is 0. The van der Waals surface area contributed by atoms with Crippen molar-refractivity contribution in [3.05, 3.63) is 35.4 Å². The maximum atomic E-state index is 12.4. The van der Waals surface area contributed by atoms with Crippen LogP contribution in [-0.2, 0) is 31.8 Å². The van der Waals surface area contributed by atoms with Crippen LogP contribution in [0, 0.1) is 11.8 Å². The lowest BCUT2D eigenvalue weighted by Crippen LogP contribution is -2.39. The number of benzene rings is 1. The Kier molecular flexibility index (Phi) is 10.4. The second kappa shape index (κ2) is 13.3. The van der Waals surface area contributed by atoms with Gasteiger partial charge in [0.15, 0.2) is 6.29 Å². The number of nitrogens with zero attached hydrogens (tertiary/aromatic N) is 2. The summed E-state index contributed by atoms with van der Waals surface area (Å²) in [4.78, 5) is 16.8. The summed E-state index contributed by atoms with van der Waals surface area (Å²) in [6, 6.07) is 8.90. The molecule has 0 bridgehead atoms. The molecule has 0 aromatic heterocycles. The van der Waals surface area contributed by atoms with Crippen molar-refractivity contribution in [2.24, 2.45) is 11.8 Å². The summed E-state index contributed by atoms with van der Waals surface area (Å²) >= 11 is 0. The van der Waals surface area contributed by atoms with Crippen LogP contribution >= 0.6 is 0 Å². The van der Waals surface area contributed by atoms with Crippen LogP contribution in [0.3, 0.4) is 0 Å². The average molecular weight is 447 g/mol. The highest BCUT2D eigenvalue weighted by molar-refractivity contribution is 5.76. The lowest BCUT2D eigenvalue weighted by atomic mass is 10.0. The van der Waals surface area contributed by atoms with Gasteiger partial charge in [0.05, 0.1) is 26.2 Å². The highest BCUT2D eigenvalue weighted by Gasteiger charge is 2.35. The first-order valence-corrected chi connectivity index (χ1v) is 12.3. The summed E-state index contributed by atoms with van der Waals surface area (Å²) in [6.45, 7) is 7.91. The number of carbonyl (C=O) groups is 1. The molecule has 0 radical (unpaired) electrons. The fraction of sp³-hybridized carbons (Fsp3) is 0.731. The number of amides is 1. The molecule has 2 aliphatic rings. The Hall–Kier alpha value is -1.47. The summed E-state index contributed by atoms with van der Waals surface area (Å²) in [5.74, 6) is 2.01. The third-order valence-electron chi connectivity index (χ3n) is 7.14. The van der Waals surface area contributed by atoms with Crippen molar-refractivity contribution in [3.8, 4) is 0 Å². The fourth-order valence-corrected chi connectivity index (χ4v) is 5.18. The van der Waals surface area contributed by atoms with Crippen molar-refractivity contribution in [3.63, 3.8) is 0 Å². The van der Waals surface area contributed by atoms with Gasteiger partial charge in [0.25, 0.3) is 0 Å². The number of likely N-dealkylation sites (tertiary alicyclic amines) is 1. The molecule has 180 valence electrons. The molecule has 1 heterocycles. The molecule has 2 fully saturated rings. The number of rotatable bonds is 14. The molecule has 6 heteroatoms. The van der Waals surface area contributed by atoms with Gasteiger partial charge in [-0.3, -0.25) is 4.79 Å². The zero-order chi connectivity index (χ0) is 22.8. The highest BCUT2D eigenvalue weighted by atomic mass is 16.7. The van der Waals surface area contributed by atoms with Gasteiger partial charge in [0.2, 0.25) is 5.91 Å². The Morgan fingerprint density at radius 2 is 1.78 bits per heavy atom. The molecule has 0 N–H and O–H groups in total. The molecule has 1 saturated heterocycles. The van der Waals surface area contributed by atoms with E-state index in [1.165, 1.54) is 50.0 Å². The largest absolute Gasteiger partial charge is 0.381 e. The first kappa shape index (κ1) is 25.2. The lowest BCUT2D eigenvalue weighted by molar-refractivity contribution is -0.145. The quantitative estimate of drug-likeness (QED) is 0.324. The fourth-order valence-electron chi connectivity index (χ4n) is 5.18. The minimum absolute atomic E-state index is 0.0691. The van der Waals surface area contributed by atoms with E-state index in [4.69, 9.17) is 14.2 Å². The van der Waals surface area contributed by atoms with Gasteiger partial charge in [-0.1, -0.05) is 30.7 Å². The molecule has 2 atom stereocenters. The molecular formula is C26H42N2O4. The van der Waals surface area contributed by atoms with Gasteiger partial charge in [0, 0.05) is 40.4 Å².